The third kappa shape index (κ3) is 2.61. The maximum atomic E-state index is 13.7. The fourth-order valence-electron chi connectivity index (χ4n) is 1.84. The van der Waals surface area contributed by atoms with E-state index in [4.69, 9.17) is 5.84 Å². The van der Waals surface area contributed by atoms with Crippen LogP contribution in [0.4, 0.5) is 13.2 Å². The molecule has 0 bridgehead atoms. The minimum Gasteiger partial charge on any atom is -0.338 e. The number of imidazole rings is 1. The normalized spacial score (nSPS) is 12.7. The lowest BCUT2D eigenvalue weighted by atomic mass is 10.0. The molecule has 2 aromatic rings. The van der Waals surface area contributed by atoms with Gasteiger partial charge in [-0.25, -0.2) is 18.2 Å². The summed E-state index contributed by atoms with van der Waals surface area (Å²) in [4.78, 5) is 4.08. The number of rotatable bonds is 4. The lowest BCUT2D eigenvalue weighted by molar-refractivity contribution is 0.422. The van der Waals surface area contributed by atoms with E-state index in [9.17, 15) is 13.2 Å². The highest BCUT2D eigenvalue weighted by atomic mass is 19.2. The van der Waals surface area contributed by atoms with Gasteiger partial charge in [-0.1, -0.05) is 6.07 Å². The van der Waals surface area contributed by atoms with Gasteiger partial charge in [-0.05, 0) is 6.07 Å². The molecule has 3 N–H and O–H groups in total. The van der Waals surface area contributed by atoms with Crippen molar-refractivity contribution >= 4 is 0 Å². The lowest BCUT2D eigenvalue weighted by Crippen LogP contribution is -2.31. The first-order valence-corrected chi connectivity index (χ1v) is 5.60. The predicted molar refractivity (Wildman–Crippen MR) is 63.3 cm³/mol. The molecule has 0 saturated heterocycles. The Bertz CT molecular complexity index is 582. The first kappa shape index (κ1) is 13.6. The Morgan fingerprint density at radius 2 is 2.05 bits per heavy atom. The van der Waals surface area contributed by atoms with Crippen LogP contribution in [0.5, 0.6) is 0 Å². The molecule has 7 heteroatoms. The summed E-state index contributed by atoms with van der Waals surface area (Å²) in [5.41, 5.74) is 2.35. The van der Waals surface area contributed by atoms with E-state index in [1.165, 1.54) is 6.07 Å². The van der Waals surface area contributed by atoms with Crippen LogP contribution in [0.2, 0.25) is 0 Å². The fraction of sp³-hybridized carbons (Fsp3) is 0.250. The minimum atomic E-state index is -1.50. The molecule has 0 saturated carbocycles. The zero-order chi connectivity index (χ0) is 14.0. The van der Waals surface area contributed by atoms with Crippen molar-refractivity contribution in [3.05, 3.63) is 53.4 Å². The minimum absolute atomic E-state index is 0.0376. The van der Waals surface area contributed by atoms with Gasteiger partial charge < -0.3 is 4.57 Å². The summed E-state index contributed by atoms with van der Waals surface area (Å²) in [6.45, 7) is 0. The number of nitrogens with zero attached hydrogens (tertiary/aromatic N) is 2. The number of aromatic nitrogens is 2. The Morgan fingerprint density at radius 1 is 1.32 bits per heavy atom. The summed E-state index contributed by atoms with van der Waals surface area (Å²) in [6.07, 6.45) is 3.57. The molecule has 0 spiro atoms. The summed E-state index contributed by atoms with van der Waals surface area (Å²) in [7, 11) is 1.78. The van der Waals surface area contributed by atoms with Gasteiger partial charge in [-0.3, -0.25) is 11.3 Å². The van der Waals surface area contributed by atoms with Gasteiger partial charge in [0.2, 0.25) is 0 Å². The smallest absolute Gasteiger partial charge is 0.194 e. The third-order valence-electron chi connectivity index (χ3n) is 2.95. The van der Waals surface area contributed by atoms with Crippen molar-refractivity contribution in [2.75, 3.05) is 0 Å². The van der Waals surface area contributed by atoms with E-state index >= 15 is 0 Å². The highest BCUT2D eigenvalue weighted by molar-refractivity contribution is 5.24. The van der Waals surface area contributed by atoms with Gasteiger partial charge in [-0.15, -0.1) is 0 Å². The first-order chi connectivity index (χ1) is 9.04. The van der Waals surface area contributed by atoms with Crippen molar-refractivity contribution < 1.29 is 13.2 Å². The van der Waals surface area contributed by atoms with Crippen LogP contribution in [0.25, 0.3) is 0 Å². The van der Waals surface area contributed by atoms with Gasteiger partial charge in [-0.2, -0.15) is 0 Å². The summed E-state index contributed by atoms with van der Waals surface area (Å²) >= 11 is 0. The van der Waals surface area contributed by atoms with Crippen LogP contribution in [0.1, 0.15) is 17.4 Å². The average Bonchev–Trinajstić information content (AvgIpc) is 2.80. The van der Waals surface area contributed by atoms with E-state index in [1.54, 1.807) is 24.0 Å². The number of hydrazine groups is 1. The van der Waals surface area contributed by atoms with Crippen LogP contribution < -0.4 is 11.3 Å². The van der Waals surface area contributed by atoms with E-state index < -0.39 is 23.5 Å². The second-order valence-corrected chi connectivity index (χ2v) is 4.14. The van der Waals surface area contributed by atoms with Crippen molar-refractivity contribution in [3.63, 3.8) is 0 Å². The third-order valence-corrected chi connectivity index (χ3v) is 2.95. The number of nitrogens with two attached hydrogens (primary N) is 1. The van der Waals surface area contributed by atoms with Gasteiger partial charge in [0.05, 0.1) is 6.04 Å². The lowest BCUT2D eigenvalue weighted by Gasteiger charge is -2.17. The van der Waals surface area contributed by atoms with Gasteiger partial charge in [0.25, 0.3) is 0 Å². The second kappa shape index (κ2) is 5.41. The predicted octanol–water partition coefficient (Wildman–Crippen LogP) is 1.58. The van der Waals surface area contributed by atoms with Crippen LogP contribution in [-0.4, -0.2) is 9.55 Å². The molecule has 1 aromatic carbocycles. The van der Waals surface area contributed by atoms with Crippen LogP contribution in [0, 0.1) is 17.5 Å². The maximum Gasteiger partial charge on any atom is 0.194 e. The van der Waals surface area contributed by atoms with Crippen molar-refractivity contribution in [2.45, 2.75) is 12.5 Å². The Hall–Kier alpha value is -1.86. The molecule has 1 aromatic heterocycles. The SMILES string of the molecule is Cn1ccnc1CC(NN)c1ccc(F)c(F)c1F. The molecule has 0 aliphatic heterocycles. The number of hydrogen-bond acceptors (Lipinski definition) is 3. The molecule has 0 radical (unpaired) electrons. The first-order valence-electron chi connectivity index (χ1n) is 5.60. The van der Waals surface area contributed by atoms with E-state index in [0.717, 1.165) is 6.07 Å². The highest BCUT2D eigenvalue weighted by Gasteiger charge is 2.21. The molecule has 2 rings (SSSR count). The molecule has 0 fully saturated rings. The van der Waals surface area contributed by atoms with Crippen LogP contribution in [0.15, 0.2) is 24.5 Å². The zero-order valence-electron chi connectivity index (χ0n) is 10.2. The zero-order valence-corrected chi connectivity index (χ0v) is 10.2. The van der Waals surface area contributed by atoms with Crippen molar-refractivity contribution in [3.8, 4) is 0 Å². The topological polar surface area (TPSA) is 55.9 Å². The number of benzene rings is 1. The summed E-state index contributed by atoms with van der Waals surface area (Å²) in [6, 6.07) is 1.34. The molecule has 0 aliphatic carbocycles. The molecule has 0 aliphatic rings. The largest absolute Gasteiger partial charge is 0.338 e. The Labute approximate surface area is 108 Å². The average molecular weight is 270 g/mol. The van der Waals surface area contributed by atoms with Crippen molar-refractivity contribution in [2.24, 2.45) is 12.9 Å². The van der Waals surface area contributed by atoms with Crippen LogP contribution in [-0.2, 0) is 13.5 Å². The van der Waals surface area contributed by atoms with Gasteiger partial charge in [0.15, 0.2) is 17.5 Å². The van der Waals surface area contributed by atoms with E-state index in [0.29, 0.717) is 5.82 Å². The molecule has 0 amide bonds. The number of hydrogen-bond donors (Lipinski definition) is 2. The molecule has 1 atom stereocenters. The van der Waals surface area contributed by atoms with Gasteiger partial charge >= 0.3 is 0 Å². The highest BCUT2D eigenvalue weighted by Crippen LogP contribution is 2.23. The van der Waals surface area contributed by atoms with Crippen molar-refractivity contribution in [1.29, 1.82) is 0 Å². The molecule has 1 unspecified atom stereocenters. The number of halogens is 3. The standard InChI is InChI=1S/C12H13F3N4/c1-19-5-4-17-10(19)6-9(18-16)7-2-3-8(13)12(15)11(7)14/h2-5,9,18H,6,16H2,1H3. The molecule has 4 nitrogen and oxygen atoms in total. The Kier molecular flexibility index (Phi) is 3.87. The van der Waals surface area contributed by atoms with Crippen LogP contribution in [0.3, 0.4) is 0 Å². The fourth-order valence-corrected chi connectivity index (χ4v) is 1.84. The Morgan fingerprint density at radius 3 is 2.63 bits per heavy atom. The summed E-state index contributed by atoms with van der Waals surface area (Å²) in [5.74, 6) is 2.04. The molecule has 1 heterocycles. The molecular weight excluding hydrogens is 257 g/mol. The van der Waals surface area contributed by atoms with E-state index in [1.807, 2.05) is 0 Å². The quantitative estimate of drug-likeness (QED) is 0.504. The summed E-state index contributed by atoms with van der Waals surface area (Å²) in [5, 5.41) is 0. The van der Waals surface area contributed by atoms with Crippen LogP contribution >= 0.6 is 0 Å². The number of aryl methyl sites for hydroxylation is 1. The van der Waals surface area contributed by atoms with E-state index in [2.05, 4.69) is 10.4 Å². The Balaban J connectivity index is 2.33. The second-order valence-electron chi connectivity index (χ2n) is 4.14. The van der Waals surface area contributed by atoms with Crippen molar-refractivity contribution in [1.82, 2.24) is 15.0 Å². The summed E-state index contributed by atoms with van der Waals surface area (Å²) < 4.78 is 41.5. The van der Waals surface area contributed by atoms with E-state index in [-0.39, 0.29) is 12.0 Å². The van der Waals surface area contributed by atoms with Gasteiger partial charge in [0, 0.05) is 31.4 Å². The molecule has 19 heavy (non-hydrogen) atoms. The van der Waals surface area contributed by atoms with Gasteiger partial charge in [0.1, 0.15) is 5.82 Å². The monoisotopic (exact) mass is 270 g/mol. The maximum absolute atomic E-state index is 13.7. The number of nitrogens with one attached hydrogen (secondary N) is 1. The molecule has 102 valence electrons. The molecular formula is C12H13F3N4.